The molecule has 0 aromatic rings. The van der Waals surface area contributed by atoms with Crippen LogP contribution in [0.4, 0.5) is 0 Å². The van der Waals surface area contributed by atoms with E-state index in [1.165, 1.54) is 0 Å². The molecule has 0 aromatic heterocycles. The summed E-state index contributed by atoms with van der Waals surface area (Å²) < 4.78 is 5.06. The number of nitrogens with zero attached hydrogens (tertiary/aromatic N) is 1. The molecular weight excluding hydrogens is 234 g/mol. The average molecular weight is 257 g/mol. The van der Waals surface area contributed by atoms with Crippen molar-refractivity contribution in [2.24, 2.45) is 21.7 Å². The first-order chi connectivity index (χ1) is 8.38. The fourth-order valence-electron chi connectivity index (χ4n) is 1.74. The summed E-state index contributed by atoms with van der Waals surface area (Å²) in [5.74, 6) is -0.303. The Bertz CT molecular complexity index is 335. The molecule has 0 heterocycles. The number of amides is 1. The maximum Gasteiger partial charge on any atom is 0.233 e. The Morgan fingerprint density at radius 3 is 2.61 bits per heavy atom. The quantitative estimate of drug-likeness (QED) is 0.270. The van der Waals surface area contributed by atoms with Gasteiger partial charge in [0.2, 0.25) is 5.91 Å². The summed E-state index contributed by atoms with van der Waals surface area (Å²) in [6.45, 7) is 4.59. The van der Waals surface area contributed by atoms with E-state index in [1.807, 2.05) is 0 Å². The Balaban J connectivity index is 2.46. The number of oxime groups is 1. The lowest BCUT2D eigenvalue weighted by atomic mass is 9.90. The van der Waals surface area contributed by atoms with Crippen molar-refractivity contribution in [1.82, 2.24) is 5.32 Å². The van der Waals surface area contributed by atoms with Crippen LogP contribution in [0.2, 0.25) is 0 Å². The van der Waals surface area contributed by atoms with Crippen LogP contribution in [0.25, 0.3) is 0 Å². The normalized spacial score (nSPS) is 18.5. The molecule has 0 spiro atoms. The number of hydrogen-bond acceptors (Lipinski definition) is 4. The van der Waals surface area contributed by atoms with E-state index in [2.05, 4.69) is 10.5 Å². The van der Waals surface area contributed by atoms with Crippen molar-refractivity contribution in [3.63, 3.8) is 0 Å². The third-order valence-corrected chi connectivity index (χ3v) is 3.73. The fraction of sp³-hybridized carbons (Fsp3) is 0.833. The number of carbonyl (C=O) groups is 1. The molecule has 0 unspecified atom stereocenters. The maximum atomic E-state index is 12.0. The van der Waals surface area contributed by atoms with Gasteiger partial charge in [-0.15, -0.1) is 0 Å². The largest absolute Gasteiger partial charge is 0.409 e. The lowest BCUT2D eigenvalue weighted by Crippen LogP contribution is -2.47. The molecule has 1 fully saturated rings. The summed E-state index contributed by atoms with van der Waals surface area (Å²) in [6.07, 6.45) is 3.18. The highest BCUT2D eigenvalue weighted by molar-refractivity contribution is 6.05. The molecule has 0 bridgehead atoms. The second-order valence-corrected chi connectivity index (χ2v) is 5.54. The topological polar surface area (TPSA) is 96.9 Å². The van der Waals surface area contributed by atoms with Crippen molar-refractivity contribution in [3.05, 3.63) is 0 Å². The summed E-state index contributed by atoms with van der Waals surface area (Å²) in [5.41, 5.74) is 4.70. The zero-order chi connectivity index (χ0) is 13.8. The Morgan fingerprint density at radius 1 is 1.56 bits per heavy atom. The number of nitrogens with two attached hydrogens (primary N) is 1. The molecule has 4 N–H and O–H groups in total. The Kier molecular flexibility index (Phi) is 4.56. The summed E-state index contributed by atoms with van der Waals surface area (Å²) in [5, 5.41) is 14.4. The molecule has 6 heteroatoms. The van der Waals surface area contributed by atoms with Gasteiger partial charge in [0.15, 0.2) is 5.84 Å². The van der Waals surface area contributed by atoms with Crippen LogP contribution in [0.3, 0.4) is 0 Å². The minimum Gasteiger partial charge on any atom is -0.409 e. The van der Waals surface area contributed by atoms with E-state index in [0.29, 0.717) is 13.2 Å². The first-order valence-electron chi connectivity index (χ1n) is 6.13. The number of amidine groups is 1. The van der Waals surface area contributed by atoms with Crippen LogP contribution >= 0.6 is 0 Å². The van der Waals surface area contributed by atoms with Gasteiger partial charge >= 0.3 is 0 Å². The predicted octanol–water partition coefficient (Wildman–Crippen LogP) is 0.692. The van der Waals surface area contributed by atoms with Gasteiger partial charge in [-0.1, -0.05) is 5.16 Å². The highest BCUT2D eigenvalue weighted by atomic mass is 16.5. The molecule has 0 aliphatic heterocycles. The fourth-order valence-corrected chi connectivity index (χ4v) is 1.74. The monoisotopic (exact) mass is 257 g/mol. The van der Waals surface area contributed by atoms with E-state index >= 15 is 0 Å². The Hall–Kier alpha value is -1.30. The summed E-state index contributed by atoms with van der Waals surface area (Å²) in [4.78, 5) is 12.0. The van der Waals surface area contributed by atoms with E-state index in [4.69, 9.17) is 15.7 Å². The molecule has 1 amide bonds. The molecule has 1 aliphatic carbocycles. The van der Waals surface area contributed by atoms with Crippen LogP contribution in [0, 0.1) is 10.8 Å². The van der Waals surface area contributed by atoms with Crippen molar-refractivity contribution in [2.45, 2.75) is 33.1 Å². The van der Waals surface area contributed by atoms with E-state index in [0.717, 1.165) is 19.3 Å². The minimum atomic E-state index is -0.994. The molecule has 104 valence electrons. The molecule has 0 saturated heterocycles. The Morgan fingerprint density at radius 2 is 2.17 bits per heavy atom. The summed E-state index contributed by atoms with van der Waals surface area (Å²) in [6, 6.07) is 0. The van der Waals surface area contributed by atoms with Gasteiger partial charge in [-0.3, -0.25) is 4.79 Å². The van der Waals surface area contributed by atoms with Crippen LogP contribution in [0.1, 0.15) is 33.1 Å². The van der Waals surface area contributed by atoms with Gasteiger partial charge in [0.25, 0.3) is 0 Å². The number of rotatable bonds is 7. The molecule has 1 rings (SSSR count). The van der Waals surface area contributed by atoms with Crippen molar-refractivity contribution >= 4 is 11.7 Å². The van der Waals surface area contributed by atoms with Gasteiger partial charge in [-0.25, -0.2) is 0 Å². The average Bonchev–Trinajstić information content (AvgIpc) is 3.12. The van der Waals surface area contributed by atoms with Crippen molar-refractivity contribution < 1.29 is 14.7 Å². The second-order valence-electron chi connectivity index (χ2n) is 5.54. The first-order valence-corrected chi connectivity index (χ1v) is 6.13. The van der Waals surface area contributed by atoms with Gasteiger partial charge in [0.05, 0.1) is 0 Å². The van der Waals surface area contributed by atoms with Crippen molar-refractivity contribution in [1.29, 1.82) is 0 Å². The van der Waals surface area contributed by atoms with E-state index in [9.17, 15) is 4.79 Å². The minimum absolute atomic E-state index is 0.0817. The second kappa shape index (κ2) is 5.56. The molecule has 0 atom stereocenters. The number of carbonyl (C=O) groups excluding carboxylic acids is 1. The molecule has 1 saturated carbocycles. The van der Waals surface area contributed by atoms with Crippen LogP contribution < -0.4 is 11.1 Å². The lowest BCUT2D eigenvalue weighted by Gasteiger charge is -2.24. The van der Waals surface area contributed by atoms with E-state index in [-0.39, 0.29) is 17.2 Å². The Labute approximate surface area is 108 Å². The van der Waals surface area contributed by atoms with Crippen molar-refractivity contribution in [3.8, 4) is 0 Å². The predicted molar refractivity (Wildman–Crippen MR) is 68.4 cm³/mol. The number of methoxy groups -OCH3 is 1. The van der Waals surface area contributed by atoms with Crippen LogP contribution in [0.5, 0.6) is 0 Å². The first kappa shape index (κ1) is 14.8. The number of nitrogens with one attached hydrogen (secondary N) is 1. The third-order valence-electron chi connectivity index (χ3n) is 3.73. The highest BCUT2D eigenvalue weighted by Gasteiger charge is 2.43. The van der Waals surface area contributed by atoms with E-state index < -0.39 is 5.41 Å². The summed E-state index contributed by atoms with van der Waals surface area (Å²) in [7, 11) is 1.68. The molecular formula is C12H23N3O3. The van der Waals surface area contributed by atoms with E-state index in [1.54, 1.807) is 21.0 Å². The molecule has 0 radical (unpaired) electrons. The van der Waals surface area contributed by atoms with Gasteiger partial charge in [0, 0.05) is 20.3 Å². The molecule has 0 aromatic carbocycles. The van der Waals surface area contributed by atoms with Crippen LogP contribution in [0.15, 0.2) is 5.16 Å². The lowest BCUT2D eigenvalue weighted by molar-refractivity contribution is -0.126. The van der Waals surface area contributed by atoms with Gasteiger partial charge in [0.1, 0.15) is 5.41 Å². The van der Waals surface area contributed by atoms with Crippen LogP contribution in [-0.2, 0) is 9.53 Å². The third kappa shape index (κ3) is 3.35. The van der Waals surface area contributed by atoms with Gasteiger partial charge < -0.3 is 21.0 Å². The smallest absolute Gasteiger partial charge is 0.233 e. The van der Waals surface area contributed by atoms with Crippen molar-refractivity contribution in [2.75, 3.05) is 20.3 Å². The standard InChI is InChI=1S/C12H23N3O3/c1-11(2,9(13)15-17)10(16)14-8-12(4-5-12)6-7-18-3/h17H,4-8H2,1-3H3,(H2,13,15)(H,14,16). The molecule has 6 nitrogen and oxygen atoms in total. The highest BCUT2D eigenvalue weighted by Crippen LogP contribution is 2.48. The molecule has 18 heavy (non-hydrogen) atoms. The van der Waals surface area contributed by atoms with Gasteiger partial charge in [-0.05, 0) is 38.5 Å². The summed E-state index contributed by atoms with van der Waals surface area (Å²) >= 11 is 0. The zero-order valence-corrected chi connectivity index (χ0v) is 11.3. The van der Waals surface area contributed by atoms with Gasteiger partial charge in [-0.2, -0.15) is 0 Å². The molecule has 1 aliphatic rings. The van der Waals surface area contributed by atoms with Crippen LogP contribution in [-0.4, -0.2) is 37.2 Å². The zero-order valence-electron chi connectivity index (χ0n) is 11.3. The maximum absolute atomic E-state index is 12.0. The number of hydrogen-bond donors (Lipinski definition) is 3. The SMILES string of the molecule is COCCC1(CNC(=O)C(C)(C)C(N)=NO)CC1. The number of ether oxygens (including phenoxy) is 1.